The van der Waals surface area contributed by atoms with Crippen molar-refractivity contribution in [1.29, 1.82) is 0 Å². The van der Waals surface area contributed by atoms with Crippen molar-refractivity contribution in [3.8, 4) is 0 Å². The summed E-state index contributed by atoms with van der Waals surface area (Å²) in [5.41, 5.74) is 7.57. The van der Waals surface area contributed by atoms with E-state index < -0.39 is 0 Å². The van der Waals surface area contributed by atoms with Crippen LogP contribution in [-0.2, 0) is 13.6 Å². The highest BCUT2D eigenvalue weighted by Crippen LogP contribution is 2.07. The van der Waals surface area contributed by atoms with E-state index in [2.05, 4.69) is 20.6 Å². The zero-order valence-electron chi connectivity index (χ0n) is 8.05. The van der Waals surface area contributed by atoms with Crippen LogP contribution in [0.2, 0.25) is 0 Å². The second kappa shape index (κ2) is 3.09. The van der Waals surface area contributed by atoms with E-state index in [1.54, 1.807) is 4.68 Å². The summed E-state index contributed by atoms with van der Waals surface area (Å²) in [4.78, 5) is 0. The third-order valence-electron chi connectivity index (χ3n) is 1.99. The number of tetrazole rings is 1. The van der Waals surface area contributed by atoms with Crippen LogP contribution in [0.3, 0.4) is 0 Å². The molecule has 0 saturated carbocycles. The lowest BCUT2D eigenvalue weighted by molar-refractivity contribution is 0.652. The number of nitrogens with two attached hydrogens (primary N) is 1. The molecule has 2 aromatic heterocycles. The molecule has 7 nitrogen and oxygen atoms in total. The van der Waals surface area contributed by atoms with Crippen LogP contribution in [0.15, 0.2) is 6.20 Å². The first-order chi connectivity index (χ1) is 6.66. The molecule has 74 valence electrons. The van der Waals surface area contributed by atoms with Gasteiger partial charge in [0.15, 0.2) is 0 Å². The van der Waals surface area contributed by atoms with Gasteiger partial charge in [-0.2, -0.15) is 5.10 Å². The van der Waals surface area contributed by atoms with Gasteiger partial charge in [-0.25, -0.2) is 4.68 Å². The zero-order valence-corrected chi connectivity index (χ0v) is 8.05. The minimum Gasteiger partial charge on any atom is -0.367 e. The lowest BCUT2D eigenvalue weighted by Crippen LogP contribution is -2.06. The molecule has 0 aliphatic heterocycles. The van der Waals surface area contributed by atoms with E-state index in [9.17, 15) is 0 Å². The van der Waals surface area contributed by atoms with Gasteiger partial charge < -0.3 is 5.73 Å². The molecular weight excluding hydrogens is 182 g/mol. The van der Waals surface area contributed by atoms with Gasteiger partial charge in [0.05, 0.1) is 12.2 Å². The minimum absolute atomic E-state index is 0.313. The molecule has 0 aliphatic carbocycles. The Hall–Kier alpha value is -1.92. The molecule has 0 atom stereocenters. The maximum atomic E-state index is 5.54. The number of aryl methyl sites for hydroxylation is 2. The summed E-state index contributed by atoms with van der Waals surface area (Å²) in [6, 6.07) is 0. The summed E-state index contributed by atoms with van der Waals surface area (Å²) in [6.07, 6.45) is 1.93. The lowest BCUT2D eigenvalue weighted by atomic mass is 10.3. The van der Waals surface area contributed by atoms with Crippen LogP contribution in [0.1, 0.15) is 11.3 Å². The van der Waals surface area contributed by atoms with Crippen molar-refractivity contribution in [3.63, 3.8) is 0 Å². The Morgan fingerprint density at radius 2 is 2.29 bits per heavy atom. The summed E-state index contributed by atoms with van der Waals surface area (Å²) in [5, 5.41) is 15.0. The smallest absolute Gasteiger partial charge is 0.240 e. The second-order valence-corrected chi connectivity index (χ2v) is 3.11. The Morgan fingerprint density at radius 1 is 1.50 bits per heavy atom. The first kappa shape index (κ1) is 8.67. The van der Waals surface area contributed by atoms with Crippen molar-refractivity contribution >= 4 is 5.95 Å². The van der Waals surface area contributed by atoms with Crippen molar-refractivity contribution < 1.29 is 0 Å². The highest BCUT2D eigenvalue weighted by Gasteiger charge is 2.07. The number of hydrogen-bond donors (Lipinski definition) is 1. The van der Waals surface area contributed by atoms with Gasteiger partial charge in [-0.1, -0.05) is 5.10 Å². The van der Waals surface area contributed by atoms with E-state index in [0.717, 1.165) is 11.3 Å². The molecule has 0 aromatic carbocycles. The first-order valence-corrected chi connectivity index (χ1v) is 4.17. The van der Waals surface area contributed by atoms with Gasteiger partial charge in [-0.15, -0.1) is 0 Å². The van der Waals surface area contributed by atoms with Crippen molar-refractivity contribution in [2.75, 3.05) is 5.73 Å². The van der Waals surface area contributed by atoms with Crippen LogP contribution in [0, 0.1) is 6.92 Å². The van der Waals surface area contributed by atoms with E-state index in [4.69, 9.17) is 5.73 Å². The number of nitrogen functional groups attached to an aromatic ring is 1. The molecule has 0 aliphatic rings. The Kier molecular flexibility index (Phi) is 1.91. The van der Waals surface area contributed by atoms with Gasteiger partial charge in [-0.3, -0.25) is 4.68 Å². The van der Waals surface area contributed by atoms with Crippen LogP contribution < -0.4 is 5.73 Å². The maximum Gasteiger partial charge on any atom is 0.240 e. The molecule has 0 fully saturated rings. The van der Waals surface area contributed by atoms with Gasteiger partial charge in [0, 0.05) is 18.8 Å². The molecule has 0 amide bonds. The largest absolute Gasteiger partial charge is 0.367 e. The number of nitrogens with zero attached hydrogens (tertiary/aromatic N) is 6. The van der Waals surface area contributed by atoms with Crippen molar-refractivity contribution in [2.24, 2.45) is 7.05 Å². The SMILES string of the molecule is Cc1nn(C)cc1Cn1nnnc1N. The summed E-state index contributed by atoms with van der Waals surface area (Å²) < 4.78 is 3.29. The normalized spacial score (nSPS) is 10.7. The average Bonchev–Trinajstić information content (AvgIpc) is 2.62. The third kappa shape index (κ3) is 1.43. The van der Waals surface area contributed by atoms with Crippen LogP contribution in [0.4, 0.5) is 5.95 Å². The van der Waals surface area contributed by atoms with Gasteiger partial charge >= 0.3 is 0 Å². The molecule has 0 radical (unpaired) electrons. The molecule has 2 N–H and O–H groups in total. The van der Waals surface area contributed by atoms with Crippen LogP contribution >= 0.6 is 0 Å². The Labute approximate surface area is 80.5 Å². The molecule has 2 rings (SSSR count). The van der Waals surface area contributed by atoms with E-state index in [-0.39, 0.29) is 0 Å². The zero-order chi connectivity index (χ0) is 10.1. The number of anilines is 1. The summed E-state index contributed by atoms with van der Waals surface area (Å²) in [5.74, 6) is 0.313. The highest BCUT2D eigenvalue weighted by molar-refractivity contribution is 5.19. The molecule has 2 heterocycles. The number of hydrogen-bond acceptors (Lipinski definition) is 5. The predicted octanol–water partition coefficient (Wildman–Crippen LogP) is -0.654. The number of rotatable bonds is 2. The molecule has 14 heavy (non-hydrogen) atoms. The fourth-order valence-electron chi connectivity index (χ4n) is 1.29. The Balaban J connectivity index is 2.27. The standard InChI is InChI=1S/C7H11N7/c1-5-6(3-13(2)10-5)4-14-7(8)9-11-12-14/h3H,4H2,1-2H3,(H2,8,9,12). The molecule has 0 spiro atoms. The van der Waals surface area contributed by atoms with Crippen molar-refractivity contribution in [1.82, 2.24) is 30.0 Å². The fourth-order valence-corrected chi connectivity index (χ4v) is 1.29. The summed E-state index contributed by atoms with van der Waals surface area (Å²) >= 11 is 0. The van der Waals surface area contributed by atoms with Crippen LogP contribution in [0.5, 0.6) is 0 Å². The van der Waals surface area contributed by atoms with Crippen LogP contribution in [0.25, 0.3) is 0 Å². The molecule has 0 unspecified atom stereocenters. The highest BCUT2D eigenvalue weighted by atomic mass is 15.6. The molecular formula is C7H11N7. The monoisotopic (exact) mass is 193 g/mol. The quantitative estimate of drug-likeness (QED) is 0.684. The molecule has 0 bridgehead atoms. The summed E-state index contributed by atoms with van der Waals surface area (Å²) in [6.45, 7) is 2.49. The van der Waals surface area contributed by atoms with E-state index >= 15 is 0 Å². The minimum atomic E-state index is 0.313. The number of aromatic nitrogens is 6. The van der Waals surface area contributed by atoms with E-state index in [0.29, 0.717) is 12.5 Å². The fraction of sp³-hybridized carbons (Fsp3) is 0.429. The lowest BCUT2D eigenvalue weighted by Gasteiger charge is -1.98. The Bertz CT molecular complexity index is 441. The Morgan fingerprint density at radius 3 is 2.79 bits per heavy atom. The van der Waals surface area contributed by atoms with Gasteiger partial charge in [0.25, 0.3) is 0 Å². The van der Waals surface area contributed by atoms with Gasteiger partial charge in [0.1, 0.15) is 0 Å². The van der Waals surface area contributed by atoms with Gasteiger partial charge in [-0.05, 0) is 17.4 Å². The molecule has 2 aromatic rings. The van der Waals surface area contributed by atoms with Crippen molar-refractivity contribution in [2.45, 2.75) is 13.5 Å². The third-order valence-corrected chi connectivity index (χ3v) is 1.99. The van der Waals surface area contributed by atoms with Crippen LogP contribution in [-0.4, -0.2) is 30.0 Å². The van der Waals surface area contributed by atoms with E-state index in [1.807, 2.05) is 20.2 Å². The van der Waals surface area contributed by atoms with E-state index in [1.165, 1.54) is 4.68 Å². The molecule has 7 heteroatoms. The topological polar surface area (TPSA) is 87.4 Å². The first-order valence-electron chi connectivity index (χ1n) is 4.17. The van der Waals surface area contributed by atoms with Gasteiger partial charge in [0.2, 0.25) is 5.95 Å². The summed E-state index contributed by atoms with van der Waals surface area (Å²) in [7, 11) is 1.87. The van der Waals surface area contributed by atoms with Crippen molar-refractivity contribution in [3.05, 3.63) is 17.5 Å². The predicted molar refractivity (Wildman–Crippen MR) is 49.3 cm³/mol. The average molecular weight is 193 g/mol. The maximum absolute atomic E-state index is 5.54. The second-order valence-electron chi connectivity index (χ2n) is 3.11. The molecule has 0 saturated heterocycles.